The molecular formula is C23H22N2O5S. The zero-order valence-corrected chi connectivity index (χ0v) is 17.5. The lowest BCUT2D eigenvalue weighted by Gasteiger charge is -2.26. The number of nitrogens with zero attached hydrogens (tertiary/aromatic N) is 1. The molecule has 1 N–H and O–H groups in total. The molecule has 1 heterocycles. The molecule has 4 rings (SSSR count). The van der Waals surface area contributed by atoms with Gasteiger partial charge >= 0.3 is 0 Å². The first-order valence-corrected chi connectivity index (χ1v) is 11.3. The highest BCUT2D eigenvalue weighted by molar-refractivity contribution is 7.89. The molecule has 3 aromatic rings. The van der Waals surface area contributed by atoms with Crippen molar-refractivity contribution in [2.45, 2.75) is 4.90 Å². The molecule has 1 saturated heterocycles. The summed E-state index contributed by atoms with van der Waals surface area (Å²) in [5.41, 5.74) is 0.929. The molecule has 0 atom stereocenters. The average molecular weight is 439 g/mol. The van der Waals surface area contributed by atoms with E-state index in [0.29, 0.717) is 49.1 Å². The summed E-state index contributed by atoms with van der Waals surface area (Å²) in [6, 6.07) is 22.3. The van der Waals surface area contributed by atoms with Gasteiger partial charge in [0.15, 0.2) is 0 Å². The number of nitrogens with one attached hydrogen (secondary N) is 1. The molecule has 160 valence electrons. The Labute approximate surface area is 181 Å². The van der Waals surface area contributed by atoms with Gasteiger partial charge in [0.05, 0.1) is 18.1 Å². The van der Waals surface area contributed by atoms with Crippen LogP contribution >= 0.6 is 0 Å². The number of rotatable bonds is 6. The van der Waals surface area contributed by atoms with E-state index in [2.05, 4.69) is 5.32 Å². The number of ether oxygens (including phenoxy) is 2. The molecule has 0 aliphatic carbocycles. The third-order valence-corrected chi connectivity index (χ3v) is 6.71. The third-order valence-electron chi connectivity index (χ3n) is 4.80. The van der Waals surface area contributed by atoms with E-state index in [-0.39, 0.29) is 10.8 Å². The fourth-order valence-corrected chi connectivity index (χ4v) is 4.59. The average Bonchev–Trinajstić information content (AvgIpc) is 2.81. The SMILES string of the molecule is O=C(Nc1cccc(Oc2ccccc2)c1)c1ccc(S(=O)(=O)N2CCOCC2)cc1. The Balaban J connectivity index is 1.44. The van der Waals surface area contributed by atoms with E-state index in [1.165, 1.54) is 28.6 Å². The maximum Gasteiger partial charge on any atom is 0.255 e. The van der Waals surface area contributed by atoms with Crippen molar-refractivity contribution in [3.05, 3.63) is 84.4 Å². The standard InChI is InChI=1S/C23H22N2O5S/c26-23(24-19-5-4-8-21(17-19)30-20-6-2-1-3-7-20)18-9-11-22(12-10-18)31(27,28)25-13-15-29-16-14-25/h1-12,17H,13-16H2,(H,24,26). The predicted molar refractivity (Wildman–Crippen MR) is 117 cm³/mol. The van der Waals surface area contributed by atoms with Gasteiger partial charge in [-0.25, -0.2) is 8.42 Å². The van der Waals surface area contributed by atoms with E-state index >= 15 is 0 Å². The molecule has 8 heteroatoms. The van der Waals surface area contributed by atoms with Crippen LogP contribution in [0.15, 0.2) is 83.8 Å². The Morgan fingerprint density at radius 1 is 0.871 bits per heavy atom. The van der Waals surface area contributed by atoms with Gasteiger partial charge < -0.3 is 14.8 Å². The summed E-state index contributed by atoms with van der Waals surface area (Å²) in [6.07, 6.45) is 0. The van der Waals surface area contributed by atoms with Crippen LogP contribution in [0.25, 0.3) is 0 Å². The van der Waals surface area contributed by atoms with Crippen molar-refractivity contribution in [3.8, 4) is 11.5 Å². The number of sulfonamides is 1. The summed E-state index contributed by atoms with van der Waals surface area (Å²) < 4.78 is 37.8. The first-order valence-electron chi connectivity index (χ1n) is 9.85. The molecule has 31 heavy (non-hydrogen) atoms. The summed E-state index contributed by atoms with van der Waals surface area (Å²) in [5, 5.41) is 2.81. The lowest BCUT2D eigenvalue weighted by Crippen LogP contribution is -2.40. The van der Waals surface area contributed by atoms with E-state index in [1.54, 1.807) is 24.3 Å². The molecular weight excluding hydrogens is 416 g/mol. The first-order chi connectivity index (χ1) is 15.0. The number of para-hydroxylation sites is 1. The van der Waals surface area contributed by atoms with E-state index in [1.807, 2.05) is 30.3 Å². The van der Waals surface area contributed by atoms with Crippen LogP contribution in [0.1, 0.15) is 10.4 Å². The molecule has 7 nitrogen and oxygen atoms in total. The number of morpholine rings is 1. The van der Waals surface area contributed by atoms with Gasteiger partial charge in [0.2, 0.25) is 10.0 Å². The van der Waals surface area contributed by atoms with Crippen LogP contribution in [0.3, 0.4) is 0 Å². The van der Waals surface area contributed by atoms with Gasteiger partial charge in [-0.3, -0.25) is 4.79 Å². The van der Waals surface area contributed by atoms with Gasteiger partial charge in [-0.05, 0) is 48.5 Å². The monoisotopic (exact) mass is 438 g/mol. The Hall–Kier alpha value is -3.20. The largest absolute Gasteiger partial charge is 0.457 e. The topological polar surface area (TPSA) is 84.9 Å². The second-order valence-electron chi connectivity index (χ2n) is 6.94. The van der Waals surface area contributed by atoms with Crippen LogP contribution in [0, 0.1) is 0 Å². The van der Waals surface area contributed by atoms with Crippen LogP contribution in [-0.2, 0) is 14.8 Å². The maximum atomic E-state index is 12.7. The Kier molecular flexibility index (Phi) is 6.31. The molecule has 1 aliphatic heterocycles. The van der Waals surface area contributed by atoms with Crippen molar-refractivity contribution >= 4 is 21.6 Å². The number of hydrogen-bond acceptors (Lipinski definition) is 5. The number of carbonyl (C=O) groups excluding carboxylic acids is 1. The van der Waals surface area contributed by atoms with Crippen LogP contribution in [0.4, 0.5) is 5.69 Å². The fourth-order valence-electron chi connectivity index (χ4n) is 3.18. The number of carbonyl (C=O) groups is 1. The van der Waals surface area contributed by atoms with E-state index < -0.39 is 10.0 Å². The zero-order valence-electron chi connectivity index (χ0n) is 16.7. The summed E-state index contributed by atoms with van der Waals surface area (Å²) in [4.78, 5) is 12.8. The highest BCUT2D eigenvalue weighted by atomic mass is 32.2. The summed E-state index contributed by atoms with van der Waals surface area (Å²) >= 11 is 0. The van der Waals surface area contributed by atoms with Gasteiger partial charge in [-0.1, -0.05) is 24.3 Å². The first kappa shape index (κ1) is 21.0. The highest BCUT2D eigenvalue weighted by Gasteiger charge is 2.26. The minimum absolute atomic E-state index is 0.157. The maximum absolute atomic E-state index is 12.7. The lowest BCUT2D eigenvalue weighted by atomic mass is 10.2. The molecule has 0 unspecified atom stereocenters. The van der Waals surface area contributed by atoms with Crippen LogP contribution in [0.5, 0.6) is 11.5 Å². The van der Waals surface area contributed by atoms with Crippen molar-refractivity contribution in [3.63, 3.8) is 0 Å². The molecule has 0 radical (unpaired) electrons. The van der Waals surface area contributed by atoms with Crippen molar-refractivity contribution in [1.82, 2.24) is 4.31 Å². The number of hydrogen-bond donors (Lipinski definition) is 1. The second-order valence-corrected chi connectivity index (χ2v) is 8.88. The Bertz CT molecular complexity index is 1140. The molecule has 1 fully saturated rings. The lowest BCUT2D eigenvalue weighted by molar-refractivity contribution is 0.0730. The van der Waals surface area contributed by atoms with E-state index in [4.69, 9.17) is 9.47 Å². The van der Waals surface area contributed by atoms with Crippen molar-refractivity contribution in [2.75, 3.05) is 31.6 Å². The fraction of sp³-hybridized carbons (Fsp3) is 0.174. The van der Waals surface area contributed by atoms with E-state index in [9.17, 15) is 13.2 Å². The van der Waals surface area contributed by atoms with Gasteiger partial charge in [-0.15, -0.1) is 0 Å². The number of anilines is 1. The zero-order chi connectivity index (χ0) is 21.7. The molecule has 0 bridgehead atoms. The van der Waals surface area contributed by atoms with Gasteiger partial charge in [0, 0.05) is 30.4 Å². The van der Waals surface area contributed by atoms with E-state index in [0.717, 1.165) is 0 Å². The molecule has 0 spiro atoms. The molecule has 0 saturated carbocycles. The molecule has 1 amide bonds. The summed E-state index contributed by atoms with van der Waals surface area (Å²) in [7, 11) is -3.59. The molecule has 0 aromatic heterocycles. The highest BCUT2D eigenvalue weighted by Crippen LogP contribution is 2.24. The number of amides is 1. The quantitative estimate of drug-likeness (QED) is 0.634. The molecule has 3 aromatic carbocycles. The second kappa shape index (κ2) is 9.30. The van der Waals surface area contributed by atoms with Gasteiger partial charge in [0.1, 0.15) is 11.5 Å². The Morgan fingerprint density at radius 2 is 1.55 bits per heavy atom. The molecule has 1 aliphatic rings. The van der Waals surface area contributed by atoms with Crippen LogP contribution in [-0.4, -0.2) is 44.9 Å². The summed E-state index contributed by atoms with van der Waals surface area (Å²) in [5.74, 6) is 0.950. The van der Waals surface area contributed by atoms with Gasteiger partial charge in [0.25, 0.3) is 5.91 Å². The minimum atomic E-state index is -3.59. The normalized spacial score (nSPS) is 14.7. The van der Waals surface area contributed by atoms with Gasteiger partial charge in [-0.2, -0.15) is 4.31 Å². The smallest absolute Gasteiger partial charge is 0.255 e. The minimum Gasteiger partial charge on any atom is -0.457 e. The van der Waals surface area contributed by atoms with Crippen molar-refractivity contribution in [2.24, 2.45) is 0 Å². The third kappa shape index (κ3) is 5.11. The van der Waals surface area contributed by atoms with Crippen molar-refractivity contribution < 1.29 is 22.7 Å². The van der Waals surface area contributed by atoms with Crippen molar-refractivity contribution in [1.29, 1.82) is 0 Å². The van der Waals surface area contributed by atoms with Crippen LogP contribution < -0.4 is 10.1 Å². The predicted octanol–water partition coefficient (Wildman–Crippen LogP) is 3.75. The summed E-state index contributed by atoms with van der Waals surface area (Å²) in [6.45, 7) is 1.41. The van der Waals surface area contributed by atoms with Crippen LogP contribution in [0.2, 0.25) is 0 Å². The number of benzene rings is 3. The Morgan fingerprint density at radius 3 is 2.26 bits per heavy atom.